The van der Waals surface area contributed by atoms with Gasteiger partial charge in [-0.15, -0.1) is 0 Å². The first-order valence-corrected chi connectivity index (χ1v) is 8.18. The molecule has 3 nitrogen and oxygen atoms in total. The molecule has 3 heteroatoms. The number of amides is 1. The smallest absolute Gasteiger partial charge is 0.254 e. The number of rotatable bonds is 3. The Morgan fingerprint density at radius 2 is 1.65 bits per heavy atom. The Morgan fingerprint density at radius 1 is 1.00 bits per heavy atom. The predicted octanol–water partition coefficient (Wildman–Crippen LogP) is 3.91. The molecule has 0 unspecified atom stereocenters. The van der Waals surface area contributed by atoms with E-state index < -0.39 is 0 Å². The van der Waals surface area contributed by atoms with E-state index in [1.165, 1.54) is 0 Å². The Hall–Kier alpha value is -2.42. The lowest BCUT2D eigenvalue weighted by atomic mass is 10.0. The maximum Gasteiger partial charge on any atom is 0.254 e. The molecule has 116 valence electrons. The highest BCUT2D eigenvalue weighted by molar-refractivity contribution is 6.22. The number of fused-ring (bicyclic) bond motifs is 3. The van der Waals surface area contributed by atoms with Gasteiger partial charge in [-0.2, -0.15) is 0 Å². The highest BCUT2D eigenvalue weighted by Crippen LogP contribution is 2.37. The summed E-state index contributed by atoms with van der Waals surface area (Å²) in [5.74, 6) is 0.0572. The van der Waals surface area contributed by atoms with Crippen LogP contribution >= 0.6 is 0 Å². The summed E-state index contributed by atoms with van der Waals surface area (Å²) in [7, 11) is 0. The number of hydrogen-bond donors (Lipinski definition) is 0. The zero-order valence-electron chi connectivity index (χ0n) is 13.4. The molecule has 2 aliphatic carbocycles. The third-order valence-electron chi connectivity index (χ3n) is 4.70. The predicted molar refractivity (Wildman–Crippen MR) is 89.6 cm³/mol. The SMILES string of the molecule is CC(C)N(C(=O)c1ccc2c(c1)C(=O)c1ccccc1-2)C1CC1. The topological polar surface area (TPSA) is 37.4 Å². The molecule has 1 fully saturated rings. The molecule has 0 saturated heterocycles. The molecule has 4 rings (SSSR count). The first-order valence-electron chi connectivity index (χ1n) is 8.18. The molecule has 0 spiro atoms. The number of carbonyl (C=O) groups excluding carboxylic acids is 2. The number of benzene rings is 2. The van der Waals surface area contributed by atoms with Gasteiger partial charge in [-0.05, 0) is 49.9 Å². The fourth-order valence-corrected chi connectivity index (χ4v) is 3.48. The summed E-state index contributed by atoms with van der Waals surface area (Å²) in [5, 5.41) is 0. The van der Waals surface area contributed by atoms with E-state index in [2.05, 4.69) is 0 Å². The standard InChI is InChI=1S/C20H19NO2/c1-12(2)21(14-8-9-14)20(23)13-7-10-16-15-5-3-4-6-17(15)19(22)18(16)11-13/h3-7,10-12,14H,8-9H2,1-2H3. The van der Waals surface area contributed by atoms with Gasteiger partial charge in [0.1, 0.15) is 0 Å². The zero-order valence-corrected chi connectivity index (χ0v) is 13.4. The molecular weight excluding hydrogens is 286 g/mol. The Balaban J connectivity index is 1.74. The average molecular weight is 305 g/mol. The summed E-state index contributed by atoms with van der Waals surface area (Å²) in [5.41, 5.74) is 3.90. The van der Waals surface area contributed by atoms with Crippen molar-refractivity contribution in [1.29, 1.82) is 0 Å². The Morgan fingerprint density at radius 3 is 2.30 bits per heavy atom. The molecule has 2 aliphatic rings. The first-order chi connectivity index (χ1) is 11.1. The summed E-state index contributed by atoms with van der Waals surface area (Å²) in [6.07, 6.45) is 2.17. The fourth-order valence-electron chi connectivity index (χ4n) is 3.48. The minimum atomic E-state index is 0.0211. The van der Waals surface area contributed by atoms with Crippen LogP contribution < -0.4 is 0 Å². The van der Waals surface area contributed by atoms with Gasteiger partial charge in [0.05, 0.1) is 0 Å². The van der Waals surface area contributed by atoms with E-state index in [1.807, 2.05) is 55.1 Å². The van der Waals surface area contributed by atoms with E-state index in [-0.39, 0.29) is 17.7 Å². The van der Waals surface area contributed by atoms with Crippen LogP contribution in [0.4, 0.5) is 0 Å². The fraction of sp³-hybridized carbons (Fsp3) is 0.300. The van der Waals surface area contributed by atoms with Crippen LogP contribution in [0, 0.1) is 0 Å². The molecule has 0 atom stereocenters. The lowest BCUT2D eigenvalue weighted by Crippen LogP contribution is -2.38. The third-order valence-corrected chi connectivity index (χ3v) is 4.70. The van der Waals surface area contributed by atoms with Crippen molar-refractivity contribution in [1.82, 2.24) is 4.90 Å². The monoisotopic (exact) mass is 305 g/mol. The van der Waals surface area contributed by atoms with Crippen molar-refractivity contribution >= 4 is 11.7 Å². The van der Waals surface area contributed by atoms with E-state index in [1.54, 1.807) is 6.07 Å². The van der Waals surface area contributed by atoms with Crippen molar-refractivity contribution in [2.75, 3.05) is 0 Å². The lowest BCUT2D eigenvalue weighted by molar-refractivity contribution is 0.0690. The van der Waals surface area contributed by atoms with Crippen molar-refractivity contribution < 1.29 is 9.59 Å². The molecule has 0 bridgehead atoms. The summed E-state index contributed by atoms with van der Waals surface area (Å²) in [4.78, 5) is 27.4. The number of nitrogens with zero attached hydrogens (tertiary/aromatic N) is 1. The zero-order chi connectivity index (χ0) is 16.1. The normalized spacial score (nSPS) is 15.5. The Bertz CT molecular complexity index is 816. The first kappa shape index (κ1) is 14.2. The number of hydrogen-bond acceptors (Lipinski definition) is 2. The second kappa shape index (κ2) is 5.05. The molecule has 0 N–H and O–H groups in total. The molecule has 0 heterocycles. The van der Waals surface area contributed by atoms with E-state index >= 15 is 0 Å². The van der Waals surface area contributed by atoms with Crippen LogP contribution in [0.25, 0.3) is 11.1 Å². The summed E-state index contributed by atoms with van der Waals surface area (Å²) < 4.78 is 0. The van der Waals surface area contributed by atoms with E-state index in [9.17, 15) is 9.59 Å². The van der Waals surface area contributed by atoms with Crippen LogP contribution in [-0.2, 0) is 0 Å². The van der Waals surface area contributed by atoms with Gasteiger partial charge in [0.2, 0.25) is 0 Å². The van der Waals surface area contributed by atoms with E-state index in [4.69, 9.17) is 0 Å². The quantitative estimate of drug-likeness (QED) is 0.735. The van der Waals surface area contributed by atoms with Crippen molar-refractivity contribution in [3.05, 3.63) is 59.2 Å². The van der Waals surface area contributed by atoms with E-state index in [0.717, 1.165) is 29.5 Å². The van der Waals surface area contributed by atoms with Crippen molar-refractivity contribution in [3.63, 3.8) is 0 Å². The number of ketones is 1. The summed E-state index contributed by atoms with van der Waals surface area (Å²) in [6, 6.07) is 13.7. The number of carbonyl (C=O) groups is 2. The van der Waals surface area contributed by atoms with Gasteiger partial charge in [0.15, 0.2) is 5.78 Å². The van der Waals surface area contributed by atoms with Crippen molar-refractivity contribution in [2.24, 2.45) is 0 Å². The average Bonchev–Trinajstić information content (AvgIpc) is 3.34. The molecular formula is C20H19NO2. The summed E-state index contributed by atoms with van der Waals surface area (Å²) in [6.45, 7) is 4.09. The highest BCUT2D eigenvalue weighted by Gasteiger charge is 2.35. The second-order valence-electron chi connectivity index (χ2n) is 6.67. The van der Waals surface area contributed by atoms with Gasteiger partial charge in [-0.3, -0.25) is 9.59 Å². The van der Waals surface area contributed by atoms with Gasteiger partial charge in [0, 0.05) is 28.8 Å². The maximum atomic E-state index is 12.9. The third kappa shape index (κ3) is 2.19. The van der Waals surface area contributed by atoms with Gasteiger partial charge in [-0.1, -0.05) is 30.3 Å². The highest BCUT2D eigenvalue weighted by atomic mass is 16.2. The lowest BCUT2D eigenvalue weighted by Gasteiger charge is -2.27. The minimum Gasteiger partial charge on any atom is -0.333 e. The van der Waals surface area contributed by atoms with Crippen LogP contribution in [0.5, 0.6) is 0 Å². The molecule has 1 amide bonds. The molecule has 0 aliphatic heterocycles. The molecule has 2 aromatic rings. The van der Waals surface area contributed by atoms with Crippen LogP contribution in [0.2, 0.25) is 0 Å². The molecule has 1 saturated carbocycles. The molecule has 0 aromatic heterocycles. The van der Waals surface area contributed by atoms with Gasteiger partial charge >= 0.3 is 0 Å². The van der Waals surface area contributed by atoms with Gasteiger partial charge in [0.25, 0.3) is 5.91 Å². The largest absolute Gasteiger partial charge is 0.333 e. The van der Waals surface area contributed by atoms with Crippen molar-refractivity contribution in [2.45, 2.75) is 38.8 Å². The van der Waals surface area contributed by atoms with Gasteiger partial charge in [-0.25, -0.2) is 0 Å². The maximum absolute atomic E-state index is 12.9. The van der Waals surface area contributed by atoms with Crippen molar-refractivity contribution in [3.8, 4) is 11.1 Å². The minimum absolute atomic E-state index is 0.0211. The molecule has 2 aromatic carbocycles. The van der Waals surface area contributed by atoms with Gasteiger partial charge < -0.3 is 4.90 Å². The second-order valence-corrected chi connectivity index (χ2v) is 6.67. The Labute approximate surface area is 135 Å². The molecule has 23 heavy (non-hydrogen) atoms. The van der Waals surface area contributed by atoms with Crippen LogP contribution in [0.3, 0.4) is 0 Å². The van der Waals surface area contributed by atoms with Crippen LogP contribution in [0.15, 0.2) is 42.5 Å². The Kier molecular flexibility index (Phi) is 3.12. The summed E-state index contributed by atoms with van der Waals surface area (Å²) >= 11 is 0. The van der Waals surface area contributed by atoms with Crippen LogP contribution in [0.1, 0.15) is 53.0 Å². The molecule has 0 radical (unpaired) electrons. The van der Waals surface area contributed by atoms with E-state index in [0.29, 0.717) is 17.2 Å². The van der Waals surface area contributed by atoms with Crippen LogP contribution in [-0.4, -0.2) is 28.7 Å².